The first-order chi connectivity index (χ1) is 15.5. The van der Waals surface area contributed by atoms with Gasteiger partial charge in [-0.1, -0.05) is 17.7 Å². The molecule has 2 aromatic rings. The highest BCUT2D eigenvalue weighted by Gasteiger charge is 2.30. The van der Waals surface area contributed by atoms with Crippen LogP contribution in [0.4, 0.5) is 18.9 Å². The summed E-state index contributed by atoms with van der Waals surface area (Å²) in [5.74, 6) is -2.73. The number of anilines is 1. The number of amides is 3. The summed E-state index contributed by atoms with van der Waals surface area (Å²) < 4.78 is 42.8. The minimum absolute atomic E-state index is 0.0188. The molecule has 2 rings (SSSR count). The minimum Gasteiger partial charge on any atom is -0.455 e. The van der Waals surface area contributed by atoms with Gasteiger partial charge in [-0.3, -0.25) is 30.0 Å². The van der Waals surface area contributed by atoms with E-state index >= 15 is 0 Å². The Morgan fingerprint density at radius 3 is 2.27 bits per heavy atom. The third-order valence-corrected chi connectivity index (χ3v) is 4.30. The number of hydrogen-bond donors (Lipinski definition) is 3. The minimum atomic E-state index is -4.53. The predicted octanol–water partition coefficient (Wildman–Crippen LogP) is 3.47. The van der Waals surface area contributed by atoms with E-state index in [1.807, 2.05) is 0 Å². The summed E-state index contributed by atoms with van der Waals surface area (Å²) in [4.78, 5) is 47.0. The fourth-order valence-electron chi connectivity index (χ4n) is 2.44. The third kappa shape index (κ3) is 9.19. The van der Waals surface area contributed by atoms with Crippen LogP contribution in [-0.4, -0.2) is 30.3 Å². The van der Waals surface area contributed by atoms with Crippen LogP contribution in [-0.2, 0) is 25.3 Å². The summed E-state index contributed by atoms with van der Waals surface area (Å²) in [5, 5.41) is 2.76. The number of carbonyl (C=O) groups excluding carboxylic acids is 4. The largest absolute Gasteiger partial charge is 0.455 e. The first-order valence-corrected chi connectivity index (χ1v) is 9.90. The van der Waals surface area contributed by atoms with E-state index in [9.17, 15) is 32.3 Å². The zero-order valence-corrected chi connectivity index (χ0v) is 17.8. The van der Waals surface area contributed by atoms with Crippen LogP contribution in [0.1, 0.15) is 35.2 Å². The molecule has 0 aliphatic rings. The number of halogens is 4. The molecular formula is C21H19ClF3N3O5. The molecule has 3 amide bonds. The van der Waals surface area contributed by atoms with Crippen molar-refractivity contribution < 1.29 is 37.1 Å². The van der Waals surface area contributed by atoms with Crippen molar-refractivity contribution in [2.24, 2.45) is 0 Å². The number of alkyl halides is 3. The molecule has 0 heterocycles. The fraction of sp³-hybridized carbons (Fsp3) is 0.238. The molecule has 0 aliphatic heterocycles. The summed E-state index contributed by atoms with van der Waals surface area (Å²) in [7, 11) is 0. The van der Waals surface area contributed by atoms with Crippen LogP contribution in [0.15, 0.2) is 48.5 Å². The predicted molar refractivity (Wildman–Crippen MR) is 112 cm³/mol. The SMILES string of the molecule is O=C(COC(=O)CCCC(=O)Nc1cccc(C(F)(F)F)c1)NNC(=O)c1ccc(Cl)cc1. The van der Waals surface area contributed by atoms with Crippen molar-refractivity contribution in [1.82, 2.24) is 10.9 Å². The van der Waals surface area contributed by atoms with Gasteiger partial charge in [0.25, 0.3) is 11.8 Å². The monoisotopic (exact) mass is 485 g/mol. The number of carbonyl (C=O) groups is 4. The Bertz CT molecular complexity index is 1010. The molecule has 0 bridgehead atoms. The molecule has 12 heteroatoms. The van der Waals surface area contributed by atoms with Crippen molar-refractivity contribution in [3.63, 3.8) is 0 Å². The summed E-state index contributed by atoms with van der Waals surface area (Å²) in [6.45, 7) is -0.657. The lowest BCUT2D eigenvalue weighted by molar-refractivity contribution is -0.148. The van der Waals surface area contributed by atoms with Crippen LogP contribution in [0.3, 0.4) is 0 Å². The van der Waals surface area contributed by atoms with Crippen molar-refractivity contribution in [3.05, 3.63) is 64.7 Å². The maximum atomic E-state index is 12.7. The zero-order valence-electron chi connectivity index (χ0n) is 17.0. The van der Waals surface area contributed by atoms with Crippen LogP contribution in [0, 0.1) is 0 Å². The maximum Gasteiger partial charge on any atom is 0.416 e. The van der Waals surface area contributed by atoms with E-state index in [-0.39, 0.29) is 30.5 Å². The van der Waals surface area contributed by atoms with Crippen LogP contribution < -0.4 is 16.2 Å². The van der Waals surface area contributed by atoms with Gasteiger partial charge in [0.05, 0.1) is 5.56 Å². The molecule has 0 aromatic heterocycles. The molecule has 0 radical (unpaired) electrons. The lowest BCUT2D eigenvalue weighted by atomic mass is 10.2. The number of esters is 1. The van der Waals surface area contributed by atoms with Gasteiger partial charge in [-0.2, -0.15) is 13.2 Å². The van der Waals surface area contributed by atoms with Gasteiger partial charge in [0, 0.05) is 29.1 Å². The fourth-order valence-corrected chi connectivity index (χ4v) is 2.57. The molecule has 3 N–H and O–H groups in total. The van der Waals surface area contributed by atoms with E-state index in [0.717, 1.165) is 12.1 Å². The topological polar surface area (TPSA) is 114 Å². The van der Waals surface area contributed by atoms with E-state index in [2.05, 4.69) is 16.2 Å². The Hall–Kier alpha value is -3.60. The Kier molecular flexibility index (Phi) is 9.22. The van der Waals surface area contributed by atoms with E-state index in [1.54, 1.807) is 0 Å². The molecule has 0 saturated carbocycles. The van der Waals surface area contributed by atoms with Crippen LogP contribution in [0.5, 0.6) is 0 Å². The molecule has 2 aromatic carbocycles. The van der Waals surface area contributed by atoms with E-state index in [1.165, 1.54) is 36.4 Å². The molecule has 8 nitrogen and oxygen atoms in total. The van der Waals surface area contributed by atoms with Crippen molar-refractivity contribution >= 4 is 41.0 Å². The summed E-state index contributed by atoms with van der Waals surface area (Å²) in [6.07, 6.45) is -4.82. The Labute approximate surface area is 191 Å². The number of ether oxygens (including phenoxy) is 1. The summed E-state index contributed by atoms with van der Waals surface area (Å²) in [6, 6.07) is 10.1. The second-order valence-electron chi connectivity index (χ2n) is 6.65. The lowest BCUT2D eigenvalue weighted by Crippen LogP contribution is -2.43. The Morgan fingerprint density at radius 1 is 0.909 bits per heavy atom. The van der Waals surface area contributed by atoms with E-state index in [0.29, 0.717) is 5.02 Å². The molecule has 33 heavy (non-hydrogen) atoms. The van der Waals surface area contributed by atoms with Gasteiger partial charge < -0.3 is 10.1 Å². The van der Waals surface area contributed by atoms with Gasteiger partial charge in [0.2, 0.25) is 5.91 Å². The smallest absolute Gasteiger partial charge is 0.416 e. The van der Waals surface area contributed by atoms with Crippen molar-refractivity contribution in [1.29, 1.82) is 0 Å². The van der Waals surface area contributed by atoms with Crippen LogP contribution in [0.2, 0.25) is 5.02 Å². The maximum absolute atomic E-state index is 12.7. The van der Waals surface area contributed by atoms with Crippen LogP contribution >= 0.6 is 11.6 Å². The van der Waals surface area contributed by atoms with Gasteiger partial charge in [0.15, 0.2) is 6.61 Å². The average molecular weight is 486 g/mol. The standard InChI is InChI=1S/C21H19ClF3N3O5/c22-15-9-7-13(8-10-15)20(32)28-27-18(30)12-33-19(31)6-2-5-17(29)26-16-4-1-3-14(11-16)21(23,24)25/h1,3-4,7-11H,2,5-6,12H2,(H,26,29)(H,27,30)(H,28,32). The molecule has 0 fully saturated rings. The van der Waals surface area contributed by atoms with Crippen molar-refractivity contribution in [3.8, 4) is 0 Å². The molecule has 0 atom stereocenters. The third-order valence-electron chi connectivity index (χ3n) is 4.04. The van der Waals surface area contributed by atoms with Gasteiger partial charge >= 0.3 is 12.1 Å². The average Bonchev–Trinajstić information content (AvgIpc) is 2.76. The number of hydrogen-bond acceptors (Lipinski definition) is 5. The van der Waals surface area contributed by atoms with Gasteiger partial charge in [0.1, 0.15) is 0 Å². The quantitative estimate of drug-likeness (QED) is 0.391. The summed E-state index contributed by atoms with van der Waals surface area (Å²) >= 11 is 5.72. The molecular weight excluding hydrogens is 467 g/mol. The second-order valence-corrected chi connectivity index (χ2v) is 7.09. The molecule has 0 spiro atoms. The van der Waals surface area contributed by atoms with E-state index in [4.69, 9.17) is 16.3 Å². The van der Waals surface area contributed by atoms with Gasteiger partial charge in [-0.05, 0) is 48.9 Å². The lowest BCUT2D eigenvalue weighted by Gasteiger charge is -2.10. The molecule has 0 aliphatic carbocycles. The Balaban J connectivity index is 1.63. The van der Waals surface area contributed by atoms with Crippen molar-refractivity contribution in [2.75, 3.05) is 11.9 Å². The molecule has 0 saturated heterocycles. The zero-order chi connectivity index (χ0) is 24.4. The normalized spacial score (nSPS) is 10.8. The molecule has 176 valence electrons. The Morgan fingerprint density at radius 2 is 1.61 bits per heavy atom. The second kappa shape index (κ2) is 11.9. The highest BCUT2D eigenvalue weighted by Crippen LogP contribution is 2.30. The molecule has 0 unspecified atom stereocenters. The first kappa shape index (κ1) is 25.7. The van der Waals surface area contributed by atoms with E-state index < -0.39 is 42.0 Å². The first-order valence-electron chi connectivity index (χ1n) is 9.52. The number of benzene rings is 2. The highest BCUT2D eigenvalue weighted by atomic mass is 35.5. The highest BCUT2D eigenvalue weighted by molar-refractivity contribution is 6.30. The van der Waals surface area contributed by atoms with Gasteiger partial charge in [-0.15, -0.1) is 0 Å². The number of rotatable bonds is 8. The van der Waals surface area contributed by atoms with Crippen LogP contribution in [0.25, 0.3) is 0 Å². The number of nitrogens with one attached hydrogen (secondary N) is 3. The van der Waals surface area contributed by atoms with Crippen molar-refractivity contribution in [2.45, 2.75) is 25.4 Å². The number of hydrazine groups is 1. The summed E-state index contributed by atoms with van der Waals surface area (Å²) in [5.41, 5.74) is 3.55. The van der Waals surface area contributed by atoms with Gasteiger partial charge in [-0.25, -0.2) is 0 Å².